The Labute approximate surface area is 122 Å². The van der Waals surface area contributed by atoms with Crippen molar-refractivity contribution in [3.8, 4) is 0 Å². The van der Waals surface area contributed by atoms with Crippen LogP contribution in [0, 0.1) is 0 Å². The summed E-state index contributed by atoms with van der Waals surface area (Å²) in [5.74, 6) is -0.645. The van der Waals surface area contributed by atoms with Gasteiger partial charge >= 0.3 is 6.09 Å². The molecule has 0 radical (unpaired) electrons. The molecule has 2 rings (SSSR count). The SMILES string of the molecule is C[C@@H](NC(=O)OCc1ccccc1)C(=O)NC1CNC1=O. The summed E-state index contributed by atoms with van der Waals surface area (Å²) in [6.45, 7) is 2.07. The van der Waals surface area contributed by atoms with E-state index in [-0.39, 0.29) is 12.5 Å². The van der Waals surface area contributed by atoms with Crippen LogP contribution >= 0.6 is 0 Å². The fraction of sp³-hybridized carbons (Fsp3) is 0.357. The number of β-lactam (4-membered cyclic amide) rings is 1. The van der Waals surface area contributed by atoms with Crippen molar-refractivity contribution in [1.29, 1.82) is 0 Å². The molecule has 0 aromatic heterocycles. The van der Waals surface area contributed by atoms with E-state index in [9.17, 15) is 14.4 Å². The molecule has 0 saturated carbocycles. The molecule has 1 saturated heterocycles. The number of benzene rings is 1. The van der Waals surface area contributed by atoms with Gasteiger partial charge in [-0.1, -0.05) is 30.3 Å². The molecule has 7 nitrogen and oxygen atoms in total. The lowest BCUT2D eigenvalue weighted by Crippen LogP contribution is -2.63. The lowest BCUT2D eigenvalue weighted by Gasteiger charge is -2.27. The predicted molar refractivity (Wildman–Crippen MR) is 74.2 cm³/mol. The van der Waals surface area contributed by atoms with Crippen molar-refractivity contribution in [2.45, 2.75) is 25.6 Å². The second-order valence-corrected chi connectivity index (χ2v) is 4.73. The van der Waals surface area contributed by atoms with Crippen molar-refractivity contribution in [2.75, 3.05) is 6.54 Å². The standard InChI is InChI=1S/C14H17N3O4/c1-9(12(18)17-11-7-15-13(11)19)16-14(20)21-8-10-5-3-2-4-6-10/h2-6,9,11H,7-8H2,1H3,(H,15,19)(H,16,20)(H,17,18)/t9-,11?/m1/s1. The first-order valence-electron chi connectivity index (χ1n) is 6.61. The Bertz CT molecular complexity index is 532. The minimum absolute atomic E-state index is 0.131. The van der Waals surface area contributed by atoms with Crippen LogP contribution in [0.5, 0.6) is 0 Å². The van der Waals surface area contributed by atoms with E-state index in [0.717, 1.165) is 5.56 Å². The highest BCUT2D eigenvalue weighted by molar-refractivity contribution is 5.94. The average molecular weight is 291 g/mol. The van der Waals surface area contributed by atoms with Crippen molar-refractivity contribution in [3.63, 3.8) is 0 Å². The van der Waals surface area contributed by atoms with Crippen molar-refractivity contribution < 1.29 is 19.1 Å². The minimum Gasteiger partial charge on any atom is -0.445 e. The van der Waals surface area contributed by atoms with Gasteiger partial charge in [0.1, 0.15) is 18.7 Å². The predicted octanol–water partition coefficient (Wildman–Crippen LogP) is -0.0841. The molecule has 1 fully saturated rings. The third kappa shape index (κ3) is 4.20. The highest BCUT2D eigenvalue weighted by Crippen LogP contribution is 2.01. The second kappa shape index (κ2) is 6.74. The van der Waals surface area contributed by atoms with E-state index in [1.54, 1.807) is 0 Å². The maximum atomic E-state index is 11.7. The second-order valence-electron chi connectivity index (χ2n) is 4.73. The smallest absolute Gasteiger partial charge is 0.408 e. The van der Waals surface area contributed by atoms with E-state index in [1.165, 1.54) is 6.92 Å². The van der Waals surface area contributed by atoms with Crippen LogP contribution in [0.1, 0.15) is 12.5 Å². The number of ether oxygens (including phenoxy) is 1. The molecule has 1 aliphatic heterocycles. The van der Waals surface area contributed by atoms with Gasteiger partial charge in [0.2, 0.25) is 11.8 Å². The van der Waals surface area contributed by atoms with E-state index in [4.69, 9.17) is 4.74 Å². The van der Waals surface area contributed by atoms with Gasteiger partial charge in [-0.2, -0.15) is 0 Å². The van der Waals surface area contributed by atoms with Gasteiger partial charge in [-0.05, 0) is 12.5 Å². The first-order valence-corrected chi connectivity index (χ1v) is 6.61. The molecule has 21 heavy (non-hydrogen) atoms. The van der Waals surface area contributed by atoms with Gasteiger partial charge in [0.15, 0.2) is 0 Å². The van der Waals surface area contributed by atoms with Crippen molar-refractivity contribution in [1.82, 2.24) is 16.0 Å². The summed E-state index contributed by atoms with van der Waals surface area (Å²) in [4.78, 5) is 34.3. The Kier molecular flexibility index (Phi) is 4.76. The fourth-order valence-electron chi connectivity index (χ4n) is 1.71. The third-order valence-electron chi connectivity index (χ3n) is 3.05. The quantitative estimate of drug-likeness (QED) is 0.661. The number of carbonyl (C=O) groups is 3. The third-order valence-corrected chi connectivity index (χ3v) is 3.05. The van der Waals surface area contributed by atoms with Gasteiger partial charge in [-0.25, -0.2) is 4.79 Å². The lowest BCUT2D eigenvalue weighted by molar-refractivity contribution is -0.133. The molecule has 7 heteroatoms. The number of rotatable bonds is 5. The molecule has 1 aromatic rings. The van der Waals surface area contributed by atoms with Crippen LogP contribution in [0.25, 0.3) is 0 Å². The topological polar surface area (TPSA) is 96.5 Å². The number of carbonyl (C=O) groups excluding carboxylic acids is 3. The average Bonchev–Trinajstić information content (AvgIpc) is 2.49. The number of nitrogens with one attached hydrogen (secondary N) is 3. The number of hydrogen-bond donors (Lipinski definition) is 3. The van der Waals surface area contributed by atoms with Crippen LogP contribution in [-0.4, -0.2) is 36.5 Å². The van der Waals surface area contributed by atoms with E-state index >= 15 is 0 Å². The summed E-state index contributed by atoms with van der Waals surface area (Å²) in [5, 5.41) is 7.45. The molecule has 112 valence electrons. The molecule has 1 aliphatic rings. The number of alkyl carbamates (subject to hydrolysis) is 1. The molecule has 3 amide bonds. The summed E-state index contributed by atoms with van der Waals surface area (Å²) in [6, 6.07) is 7.93. The molecule has 1 aromatic carbocycles. The van der Waals surface area contributed by atoms with Crippen LogP contribution in [0.15, 0.2) is 30.3 Å². The van der Waals surface area contributed by atoms with Crippen molar-refractivity contribution in [3.05, 3.63) is 35.9 Å². The first kappa shape index (κ1) is 14.8. The Morgan fingerprint density at radius 3 is 2.67 bits per heavy atom. The van der Waals surface area contributed by atoms with Crippen LogP contribution < -0.4 is 16.0 Å². The maximum Gasteiger partial charge on any atom is 0.408 e. The molecular weight excluding hydrogens is 274 g/mol. The zero-order chi connectivity index (χ0) is 15.2. The highest BCUT2D eigenvalue weighted by Gasteiger charge is 2.30. The largest absolute Gasteiger partial charge is 0.445 e. The Morgan fingerprint density at radius 2 is 2.10 bits per heavy atom. The van der Waals surface area contributed by atoms with Gasteiger partial charge in [-0.3, -0.25) is 9.59 Å². The van der Waals surface area contributed by atoms with Crippen LogP contribution in [0.3, 0.4) is 0 Å². The Balaban J connectivity index is 1.71. The lowest BCUT2D eigenvalue weighted by atomic mass is 10.1. The Morgan fingerprint density at radius 1 is 1.38 bits per heavy atom. The van der Waals surface area contributed by atoms with E-state index < -0.39 is 24.1 Å². The maximum absolute atomic E-state index is 11.7. The molecule has 2 atom stereocenters. The van der Waals surface area contributed by atoms with Gasteiger partial charge < -0.3 is 20.7 Å². The van der Waals surface area contributed by atoms with Gasteiger partial charge in [-0.15, -0.1) is 0 Å². The van der Waals surface area contributed by atoms with E-state index in [0.29, 0.717) is 6.54 Å². The van der Waals surface area contributed by atoms with E-state index in [2.05, 4.69) is 16.0 Å². The zero-order valence-electron chi connectivity index (χ0n) is 11.6. The number of hydrogen-bond acceptors (Lipinski definition) is 4. The van der Waals surface area contributed by atoms with E-state index in [1.807, 2.05) is 30.3 Å². The summed E-state index contributed by atoms with van der Waals surface area (Å²) in [5.41, 5.74) is 0.857. The van der Waals surface area contributed by atoms with Crippen LogP contribution in [0.4, 0.5) is 4.79 Å². The molecule has 0 aliphatic carbocycles. The molecule has 0 bridgehead atoms. The minimum atomic E-state index is -0.776. The summed E-state index contributed by atoms with van der Waals surface area (Å²) < 4.78 is 5.01. The Hall–Kier alpha value is -2.57. The molecule has 1 heterocycles. The summed E-state index contributed by atoms with van der Waals surface area (Å²) >= 11 is 0. The van der Waals surface area contributed by atoms with Crippen molar-refractivity contribution >= 4 is 17.9 Å². The highest BCUT2D eigenvalue weighted by atomic mass is 16.5. The van der Waals surface area contributed by atoms with Gasteiger partial charge in [0.25, 0.3) is 0 Å². The normalized spacial score (nSPS) is 18.0. The molecular formula is C14H17N3O4. The zero-order valence-corrected chi connectivity index (χ0v) is 11.6. The first-order chi connectivity index (χ1) is 10.1. The fourth-order valence-corrected chi connectivity index (χ4v) is 1.71. The number of amides is 3. The molecule has 1 unspecified atom stereocenters. The monoisotopic (exact) mass is 291 g/mol. The van der Waals surface area contributed by atoms with Crippen molar-refractivity contribution in [2.24, 2.45) is 0 Å². The van der Waals surface area contributed by atoms with Gasteiger partial charge in [0.05, 0.1) is 0 Å². The molecule has 3 N–H and O–H groups in total. The summed E-state index contributed by atoms with van der Waals surface area (Å²) in [7, 11) is 0. The molecule has 0 spiro atoms. The van der Waals surface area contributed by atoms with Crippen LogP contribution in [-0.2, 0) is 20.9 Å². The summed E-state index contributed by atoms with van der Waals surface area (Å²) in [6.07, 6.45) is -0.681. The van der Waals surface area contributed by atoms with Gasteiger partial charge in [0, 0.05) is 6.54 Å². The van der Waals surface area contributed by atoms with Crippen LogP contribution in [0.2, 0.25) is 0 Å².